The molecule has 3 N–H and O–H groups in total. The molecule has 1 nitrogen and oxygen atoms in total. The van der Waals surface area contributed by atoms with Gasteiger partial charge in [0.05, 0.1) is 5.54 Å². The Hall–Kier alpha value is -0.185. The van der Waals surface area contributed by atoms with Crippen molar-refractivity contribution in [1.82, 2.24) is 0 Å². The Bertz CT molecular complexity index is 59.9. The Labute approximate surface area is 59.8 Å². The van der Waals surface area contributed by atoms with Gasteiger partial charge in [0, 0.05) is 0 Å². The lowest BCUT2D eigenvalue weighted by Gasteiger charge is -2.01. The van der Waals surface area contributed by atoms with Crippen LogP contribution in [0.1, 0.15) is 20.8 Å². The average Bonchev–Trinajstić information content (AvgIpc) is 1.12. The number of hydrogen-bond donors (Lipinski definition) is 1. The topological polar surface area (TPSA) is 27.6 Å². The maximum absolute atomic E-state index is 10.4. The molecular weight excluding hydrogens is 142 g/mol. The quantitative estimate of drug-likeness (QED) is 0.516. The Balaban J connectivity index is 0. The van der Waals surface area contributed by atoms with Crippen molar-refractivity contribution in [2.45, 2.75) is 33.1 Å². The second-order valence-corrected chi connectivity index (χ2v) is 3.46. The fourth-order valence-corrected chi connectivity index (χ4v) is 0. The molecule has 0 aromatic rings. The molecule has 0 amide bonds. The zero-order chi connectivity index (χ0) is 9.00. The minimum absolute atomic E-state index is 0.250. The predicted octanol–water partition coefficient (Wildman–Crippen LogP) is 1.49. The van der Waals surface area contributed by atoms with Crippen LogP contribution in [-0.4, -0.2) is 12.5 Å². The minimum Gasteiger partial charge on any atom is -0.449 e. The van der Waals surface area contributed by atoms with E-state index in [1.165, 1.54) is 0 Å². The maximum atomic E-state index is 10.4. The zero-order valence-electron chi connectivity index (χ0n) is 6.92. The summed E-state index contributed by atoms with van der Waals surface area (Å²) in [4.78, 5) is 0. The molecule has 0 saturated heterocycles. The van der Waals surface area contributed by atoms with Crippen LogP contribution < -0.4 is 5.73 Å². The summed E-state index contributed by atoms with van der Waals surface area (Å²) in [7, 11) is 0. The van der Waals surface area contributed by atoms with Crippen LogP contribution in [0.2, 0.25) is 6.82 Å². The number of hydrogen-bond acceptors (Lipinski definition) is 0. The second kappa shape index (κ2) is 3.86. The largest absolute Gasteiger partial charge is 0.475 e. The zero-order valence-corrected chi connectivity index (χ0v) is 6.92. The molecule has 0 rings (SSSR count). The van der Waals surface area contributed by atoms with Crippen molar-refractivity contribution < 1.29 is 18.7 Å². The first-order valence-corrected chi connectivity index (χ1v) is 3.09. The van der Waals surface area contributed by atoms with Gasteiger partial charge in [-0.25, -0.2) is 0 Å². The molecule has 64 valence electrons. The molecule has 0 aliphatic carbocycles. The molecular formula is C5H15BF3N. The molecule has 0 radical (unpaired) electrons. The highest BCUT2D eigenvalue weighted by Crippen LogP contribution is 2.03. The van der Waals surface area contributed by atoms with Gasteiger partial charge in [-0.15, -0.1) is 0 Å². The maximum Gasteiger partial charge on any atom is 0.475 e. The van der Waals surface area contributed by atoms with Crippen LogP contribution >= 0.6 is 0 Å². The first-order valence-electron chi connectivity index (χ1n) is 3.09. The number of rotatable bonds is 0. The lowest BCUT2D eigenvalue weighted by Crippen LogP contribution is -2.67. The Morgan fingerprint density at radius 3 is 1.10 bits per heavy atom. The number of halogens is 3. The van der Waals surface area contributed by atoms with Gasteiger partial charge >= 0.3 is 6.98 Å². The average molecular weight is 157 g/mol. The lowest BCUT2D eigenvalue weighted by atomic mass is 9.99. The highest BCUT2D eigenvalue weighted by Gasteiger charge is 2.11. The Morgan fingerprint density at radius 1 is 1.10 bits per heavy atom. The summed E-state index contributed by atoms with van der Waals surface area (Å²) in [5.41, 5.74) is 4.02. The summed E-state index contributed by atoms with van der Waals surface area (Å²) in [6.07, 6.45) is 0. The molecule has 5 heteroatoms. The molecule has 0 saturated carbocycles. The van der Waals surface area contributed by atoms with Gasteiger partial charge in [0.15, 0.2) is 0 Å². The second-order valence-electron chi connectivity index (χ2n) is 3.46. The van der Waals surface area contributed by atoms with Gasteiger partial charge in [-0.2, -0.15) is 0 Å². The SMILES string of the molecule is CC(C)(C)[NH3+].C[B-](F)(F)F. The summed E-state index contributed by atoms with van der Waals surface area (Å²) in [6.45, 7) is 1.98. The van der Waals surface area contributed by atoms with E-state index >= 15 is 0 Å². The molecule has 0 aliphatic heterocycles. The van der Waals surface area contributed by atoms with Gasteiger partial charge in [-0.3, -0.25) is 0 Å². The standard InChI is InChI=1S/C4H11N.CH3BF3/c1-4(2,3)5;1-2(3,4)5/h5H2,1-3H3;1H3/q;-1/p+1. The van der Waals surface area contributed by atoms with Crippen LogP contribution in [0, 0.1) is 0 Å². The van der Waals surface area contributed by atoms with Crippen molar-refractivity contribution in [2.24, 2.45) is 0 Å². The van der Waals surface area contributed by atoms with Gasteiger partial charge in [0.2, 0.25) is 0 Å². The molecule has 0 aromatic heterocycles. The van der Waals surface area contributed by atoms with Gasteiger partial charge in [-0.1, -0.05) is 6.82 Å². The van der Waals surface area contributed by atoms with E-state index in [9.17, 15) is 12.9 Å². The summed E-state index contributed by atoms with van der Waals surface area (Å²) >= 11 is 0. The van der Waals surface area contributed by atoms with E-state index in [0.29, 0.717) is 0 Å². The summed E-state index contributed by atoms with van der Waals surface area (Å²) < 4.78 is 31.2. The highest BCUT2D eigenvalue weighted by molar-refractivity contribution is 6.56. The number of quaternary nitrogens is 1. The summed E-state index contributed by atoms with van der Waals surface area (Å²) in [5, 5.41) is 0. The minimum atomic E-state index is -4.50. The van der Waals surface area contributed by atoms with Gasteiger partial charge in [0.1, 0.15) is 0 Å². The monoisotopic (exact) mass is 157 g/mol. The Kier molecular flexibility index (Phi) is 4.82. The fourth-order valence-electron chi connectivity index (χ4n) is 0. The lowest BCUT2D eigenvalue weighted by molar-refractivity contribution is -0.458. The predicted molar refractivity (Wildman–Crippen MR) is 37.6 cm³/mol. The third-order valence-electron chi connectivity index (χ3n) is 0. The third kappa shape index (κ3) is 10600. The van der Waals surface area contributed by atoms with E-state index in [0.717, 1.165) is 0 Å². The molecule has 0 heterocycles. The molecule has 0 bridgehead atoms. The first kappa shape index (κ1) is 12.5. The van der Waals surface area contributed by atoms with Crippen molar-refractivity contribution >= 4 is 6.98 Å². The smallest absolute Gasteiger partial charge is 0.449 e. The molecule has 0 atom stereocenters. The van der Waals surface area contributed by atoms with E-state index < -0.39 is 6.98 Å². The molecule has 0 unspecified atom stereocenters. The van der Waals surface area contributed by atoms with Gasteiger partial charge in [-0.05, 0) is 20.8 Å². The molecule has 10 heavy (non-hydrogen) atoms. The van der Waals surface area contributed by atoms with Crippen LogP contribution in [0.25, 0.3) is 0 Å². The molecule has 0 aromatic carbocycles. The van der Waals surface area contributed by atoms with Crippen molar-refractivity contribution in [2.75, 3.05) is 0 Å². The third-order valence-corrected chi connectivity index (χ3v) is 0. The molecule has 0 spiro atoms. The van der Waals surface area contributed by atoms with Crippen LogP contribution in [0.4, 0.5) is 12.9 Å². The summed E-state index contributed by atoms with van der Waals surface area (Å²) in [6, 6.07) is 0. The molecule has 0 fully saturated rings. The van der Waals surface area contributed by atoms with E-state index in [1.54, 1.807) is 0 Å². The normalized spacial score (nSPS) is 12.0. The van der Waals surface area contributed by atoms with Gasteiger partial charge < -0.3 is 18.7 Å². The van der Waals surface area contributed by atoms with Crippen molar-refractivity contribution in [1.29, 1.82) is 0 Å². The van der Waals surface area contributed by atoms with E-state index in [-0.39, 0.29) is 12.4 Å². The Morgan fingerprint density at radius 2 is 1.10 bits per heavy atom. The van der Waals surface area contributed by atoms with Crippen LogP contribution in [0.15, 0.2) is 0 Å². The fraction of sp³-hybridized carbons (Fsp3) is 1.00. The molecule has 0 aliphatic rings. The van der Waals surface area contributed by atoms with Gasteiger partial charge in [0.25, 0.3) is 0 Å². The van der Waals surface area contributed by atoms with E-state index in [1.807, 2.05) is 0 Å². The summed E-state index contributed by atoms with van der Waals surface area (Å²) in [5.74, 6) is 0. The van der Waals surface area contributed by atoms with E-state index in [2.05, 4.69) is 26.5 Å². The van der Waals surface area contributed by atoms with Crippen LogP contribution in [0.3, 0.4) is 0 Å². The van der Waals surface area contributed by atoms with Crippen molar-refractivity contribution in [3.8, 4) is 0 Å². The first-order chi connectivity index (χ1) is 4.00. The van der Waals surface area contributed by atoms with E-state index in [4.69, 9.17) is 0 Å². The highest BCUT2D eigenvalue weighted by atomic mass is 19.4. The van der Waals surface area contributed by atoms with Crippen LogP contribution in [0.5, 0.6) is 0 Å². The van der Waals surface area contributed by atoms with Crippen LogP contribution in [-0.2, 0) is 0 Å². The van der Waals surface area contributed by atoms with Crippen molar-refractivity contribution in [3.05, 3.63) is 0 Å². The van der Waals surface area contributed by atoms with Crippen molar-refractivity contribution in [3.63, 3.8) is 0 Å².